The number of amides is 1. The van der Waals surface area contributed by atoms with Gasteiger partial charge in [0.05, 0.1) is 6.21 Å². The fraction of sp³-hybridized carbons (Fsp3) is 0.105. The van der Waals surface area contributed by atoms with Crippen molar-refractivity contribution >= 4 is 12.1 Å². The van der Waals surface area contributed by atoms with E-state index in [-0.39, 0.29) is 11.7 Å². The molecule has 0 aliphatic heterocycles. The summed E-state index contributed by atoms with van der Waals surface area (Å²) < 4.78 is 2.03. The lowest BCUT2D eigenvalue weighted by Gasteiger charge is -2.07. The van der Waals surface area contributed by atoms with Gasteiger partial charge in [-0.25, -0.2) is 10.4 Å². The number of carbonyl (C=O) groups excluding carboxylic acids is 1. The smallest absolute Gasteiger partial charge is 0.271 e. The Balaban J connectivity index is 1.77. The second-order valence-electron chi connectivity index (χ2n) is 5.60. The van der Waals surface area contributed by atoms with Crippen molar-refractivity contribution in [2.75, 3.05) is 0 Å². The molecular formula is C19H18N4O2. The molecule has 1 aromatic carbocycles. The summed E-state index contributed by atoms with van der Waals surface area (Å²) in [4.78, 5) is 16.4. The van der Waals surface area contributed by atoms with Crippen LogP contribution in [-0.4, -0.2) is 26.8 Å². The van der Waals surface area contributed by atoms with Crippen molar-refractivity contribution in [3.05, 3.63) is 77.2 Å². The van der Waals surface area contributed by atoms with Gasteiger partial charge in [-0.3, -0.25) is 4.79 Å². The Kier molecular flexibility index (Phi) is 4.61. The van der Waals surface area contributed by atoms with Crippen LogP contribution < -0.4 is 5.43 Å². The molecule has 2 N–H and O–H groups in total. The summed E-state index contributed by atoms with van der Waals surface area (Å²) in [7, 11) is 0. The van der Waals surface area contributed by atoms with Gasteiger partial charge in [0.15, 0.2) is 0 Å². The first-order valence-electron chi connectivity index (χ1n) is 7.79. The van der Waals surface area contributed by atoms with E-state index in [0.29, 0.717) is 5.56 Å². The maximum atomic E-state index is 12.0. The number of aromatic nitrogens is 2. The minimum Gasteiger partial charge on any atom is -0.508 e. The van der Waals surface area contributed by atoms with Crippen LogP contribution >= 0.6 is 0 Å². The molecule has 2 heterocycles. The van der Waals surface area contributed by atoms with Crippen molar-refractivity contribution in [1.82, 2.24) is 15.0 Å². The third kappa shape index (κ3) is 3.58. The molecule has 0 unspecified atom stereocenters. The number of phenols is 1. The standard InChI is InChI=1S/C19H18N4O2/c1-13-10-16(14(2)23(13)18-8-3-4-9-20-18)12-21-22-19(25)15-6-5-7-17(24)11-15/h3-12,24H,1-2H3,(H,22,25)/b21-12+. The summed E-state index contributed by atoms with van der Waals surface area (Å²) in [6, 6.07) is 13.8. The number of rotatable bonds is 4. The minimum atomic E-state index is -0.384. The zero-order valence-corrected chi connectivity index (χ0v) is 14.0. The summed E-state index contributed by atoms with van der Waals surface area (Å²) in [6.07, 6.45) is 3.35. The van der Waals surface area contributed by atoms with Crippen molar-refractivity contribution in [2.24, 2.45) is 5.10 Å². The number of phenolic OH excluding ortho intramolecular Hbond substituents is 1. The van der Waals surface area contributed by atoms with E-state index in [1.54, 1.807) is 24.5 Å². The molecule has 25 heavy (non-hydrogen) atoms. The Morgan fingerprint density at radius 2 is 2.04 bits per heavy atom. The molecule has 0 aliphatic rings. The molecule has 2 aromatic heterocycles. The first kappa shape index (κ1) is 16.4. The maximum Gasteiger partial charge on any atom is 0.271 e. The Labute approximate surface area is 145 Å². The van der Waals surface area contributed by atoms with Gasteiger partial charge in [-0.05, 0) is 50.2 Å². The number of aryl methyl sites for hydroxylation is 1. The van der Waals surface area contributed by atoms with Gasteiger partial charge in [0, 0.05) is 28.7 Å². The molecule has 0 saturated heterocycles. The third-order valence-electron chi connectivity index (χ3n) is 3.83. The van der Waals surface area contributed by atoms with Gasteiger partial charge in [-0.1, -0.05) is 12.1 Å². The quantitative estimate of drug-likeness (QED) is 0.569. The van der Waals surface area contributed by atoms with Gasteiger partial charge in [-0.15, -0.1) is 0 Å². The van der Waals surface area contributed by atoms with Crippen LogP contribution in [0.15, 0.2) is 59.8 Å². The number of hydrogen-bond donors (Lipinski definition) is 2. The molecule has 0 fully saturated rings. The van der Waals surface area contributed by atoms with Crippen LogP contribution in [0, 0.1) is 13.8 Å². The van der Waals surface area contributed by atoms with E-state index in [1.165, 1.54) is 12.1 Å². The molecule has 0 atom stereocenters. The van der Waals surface area contributed by atoms with Crippen molar-refractivity contribution < 1.29 is 9.90 Å². The molecular weight excluding hydrogens is 316 g/mol. The lowest BCUT2D eigenvalue weighted by Crippen LogP contribution is -2.17. The SMILES string of the molecule is Cc1cc(/C=N/NC(=O)c2cccc(O)c2)c(C)n1-c1ccccn1. The Morgan fingerprint density at radius 1 is 1.20 bits per heavy atom. The van der Waals surface area contributed by atoms with Gasteiger partial charge >= 0.3 is 0 Å². The highest BCUT2D eigenvalue weighted by Crippen LogP contribution is 2.18. The van der Waals surface area contributed by atoms with E-state index in [0.717, 1.165) is 22.8 Å². The monoisotopic (exact) mass is 334 g/mol. The molecule has 0 radical (unpaired) electrons. The highest BCUT2D eigenvalue weighted by Gasteiger charge is 2.10. The maximum absolute atomic E-state index is 12.0. The average Bonchev–Trinajstić information content (AvgIpc) is 2.89. The fourth-order valence-corrected chi connectivity index (χ4v) is 2.63. The van der Waals surface area contributed by atoms with Crippen LogP contribution in [0.4, 0.5) is 0 Å². The van der Waals surface area contributed by atoms with E-state index in [2.05, 4.69) is 15.5 Å². The predicted octanol–water partition coefficient (Wildman–Crippen LogP) is 2.96. The van der Waals surface area contributed by atoms with Gasteiger partial charge in [-0.2, -0.15) is 5.10 Å². The first-order chi connectivity index (χ1) is 12.1. The molecule has 0 bridgehead atoms. The van der Waals surface area contributed by atoms with E-state index in [1.807, 2.05) is 42.7 Å². The van der Waals surface area contributed by atoms with Crippen LogP contribution in [0.1, 0.15) is 27.3 Å². The number of aromatic hydroxyl groups is 1. The second kappa shape index (κ2) is 7.00. The Hall–Kier alpha value is -3.41. The lowest BCUT2D eigenvalue weighted by molar-refractivity contribution is 0.0954. The number of pyridine rings is 1. The van der Waals surface area contributed by atoms with Crippen LogP contribution in [0.2, 0.25) is 0 Å². The van der Waals surface area contributed by atoms with Crippen molar-refractivity contribution in [3.63, 3.8) is 0 Å². The number of nitrogens with zero attached hydrogens (tertiary/aromatic N) is 3. The first-order valence-corrected chi connectivity index (χ1v) is 7.79. The zero-order valence-electron chi connectivity index (χ0n) is 14.0. The van der Waals surface area contributed by atoms with Gasteiger partial charge in [0.25, 0.3) is 5.91 Å². The average molecular weight is 334 g/mol. The van der Waals surface area contributed by atoms with Gasteiger partial charge < -0.3 is 9.67 Å². The van der Waals surface area contributed by atoms with Gasteiger partial charge in [0.1, 0.15) is 11.6 Å². The molecule has 0 aliphatic carbocycles. The summed E-state index contributed by atoms with van der Waals surface area (Å²) in [5.74, 6) is 0.488. The molecule has 3 rings (SSSR count). The highest BCUT2D eigenvalue weighted by molar-refractivity contribution is 5.95. The minimum absolute atomic E-state index is 0.0375. The summed E-state index contributed by atoms with van der Waals surface area (Å²) in [5.41, 5.74) is 5.70. The van der Waals surface area contributed by atoms with Crippen LogP contribution in [0.3, 0.4) is 0 Å². The summed E-state index contributed by atoms with van der Waals surface area (Å²) in [6.45, 7) is 3.96. The number of benzene rings is 1. The molecule has 6 nitrogen and oxygen atoms in total. The molecule has 126 valence electrons. The van der Waals surface area contributed by atoms with Gasteiger partial charge in [0.2, 0.25) is 0 Å². The van der Waals surface area contributed by atoms with E-state index >= 15 is 0 Å². The second-order valence-corrected chi connectivity index (χ2v) is 5.60. The normalized spacial score (nSPS) is 11.0. The molecule has 1 amide bonds. The predicted molar refractivity (Wildman–Crippen MR) is 96.2 cm³/mol. The highest BCUT2D eigenvalue weighted by atomic mass is 16.3. The lowest BCUT2D eigenvalue weighted by atomic mass is 10.2. The third-order valence-corrected chi connectivity index (χ3v) is 3.83. The zero-order chi connectivity index (χ0) is 17.8. The number of hydrazone groups is 1. The van der Waals surface area contributed by atoms with E-state index in [9.17, 15) is 9.90 Å². The largest absolute Gasteiger partial charge is 0.508 e. The molecule has 6 heteroatoms. The molecule has 3 aromatic rings. The number of hydrogen-bond acceptors (Lipinski definition) is 4. The molecule has 0 spiro atoms. The fourth-order valence-electron chi connectivity index (χ4n) is 2.63. The topological polar surface area (TPSA) is 79.5 Å². The summed E-state index contributed by atoms with van der Waals surface area (Å²) >= 11 is 0. The van der Waals surface area contributed by atoms with E-state index < -0.39 is 0 Å². The van der Waals surface area contributed by atoms with Crippen molar-refractivity contribution in [3.8, 4) is 11.6 Å². The Morgan fingerprint density at radius 3 is 2.76 bits per heavy atom. The van der Waals surface area contributed by atoms with Crippen LogP contribution in [0.5, 0.6) is 5.75 Å². The molecule has 0 saturated carbocycles. The number of nitrogens with one attached hydrogen (secondary N) is 1. The van der Waals surface area contributed by atoms with Crippen LogP contribution in [0.25, 0.3) is 5.82 Å². The summed E-state index contributed by atoms with van der Waals surface area (Å²) in [5, 5.41) is 13.4. The van der Waals surface area contributed by atoms with E-state index in [4.69, 9.17) is 0 Å². The van der Waals surface area contributed by atoms with Crippen molar-refractivity contribution in [2.45, 2.75) is 13.8 Å². The number of carbonyl (C=O) groups is 1. The van der Waals surface area contributed by atoms with Crippen molar-refractivity contribution in [1.29, 1.82) is 0 Å². The Bertz CT molecular complexity index is 930. The van der Waals surface area contributed by atoms with Crippen LogP contribution in [-0.2, 0) is 0 Å².